The smallest absolute Gasteiger partial charge is 0.263 e. The summed E-state index contributed by atoms with van der Waals surface area (Å²) in [4.78, 5) is 17.3. The summed E-state index contributed by atoms with van der Waals surface area (Å²) in [5, 5.41) is 0. The molecule has 0 aromatic heterocycles. The van der Waals surface area contributed by atoms with Gasteiger partial charge in [-0.2, -0.15) is 0 Å². The van der Waals surface area contributed by atoms with Crippen molar-refractivity contribution in [3.63, 3.8) is 0 Å². The molecule has 0 saturated heterocycles. The Bertz CT molecular complexity index is 956. The number of hydrogen-bond acceptors (Lipinski definition) is 4. The van der Waals surface area contributed by atoms with Crippen LogP contribution in [0.1, 0.15) is 10.4 Å². The first kappa shape index (κ1) is 14.4. The number of benzene rings is 3. The van der Waals surface area contributed by atoms with Crippen LogP contribution in [-0.4, -0.2) is 12.7 Å². The van der Waals surface area contributed by atoms with Crippen LogP contribution in [-0.2, 0) is 0 Å². The van der Waals surface area contributed by atoms with E-state index in [2.05, 4.69) is 0 Å². The molecule has 2 aliphatic rings. The molecule has 0 unspecified atom stereocenters. The highest BCUT2D eigenvalue weighted by Crippen LogP contribution is 2.48. The summed E-state index contributed by atoms with van der Waals surface area (Å²) in [7, 11) is 0. The van der Waals surface area contributed by atoms with Crippen LogP contribution in [0.2, 0.25) is 0 Å². The zero-order valence-electron chi connectivity index (χ0n) is 13.1. The second-order valence-corrected chi connectivity index (χ2v) is 6.83. The molecular weight excluding hydrogens is 334 g/mol. The Morgan fingerprint density at radius 3 is 2.20 bits per heavy atom. The Kier molecular flexibility index (Phi) is 3.21. The predicted octanol–water partition coefficient (Wildman–Crippen LogP) is 4.86. The van der Waals surface area contributed by atoms with Crippen molar-refractivity contribution in [3.05, 3.63) is 72.3 Å². The molecule has 3 aromatic rings. The van der Waals surface area contributed by atoms with Crippen LogP contribution in [0.4, 0.5) is 11.4 Å². The molecule has 0 bridgehead atoms. The summed E-state index contributed by atoms with van der Waals surface area (Å²) in [6, 6.07) is 21.2. The maximum atomic E-state index is 13.3. The minimum Gasteiger partial charge on any atom is -0.454 e. The number of amides is 1. The van der Waals surface area contributed by atoms with E-state index in [0.29, 0.717) is 17.1 Å². The molecule has 25 heavy (non-hydrogen) atoms. The van der Waals surface area contributed by atoms with E-state index in [1.807, 2.05) is 48.5 Å². The number of rotatable bonds is 1. The molecule has 5 rings (SSSR count). The Labute approximate surface area is 149 Å². The summed E-state index contributed by atoms with van der Waals surface area (Å²) >= 11 is 1.68. The van der Waals surface area contributed by atoms with Gasteiger partial charge in [0.2, 0.25) is 6.79 Å². The number of hydrogen-bond donors (Lipinski definition) is 0. The van der Waals surface area contributed by atoms with E-state index in [4.69, 9.17) is 9.47 Å². The molecule has 0 atom stereocenters. The summed E-state index contributed by atoms with van der Waals surface area (Å²) in [5.74, 6) is 1.20. The fraction of sp³-hybridized carbons (Fsp3) is 0.0500. The number of ether oxygens (including phenoxy) is 2. The van der Waals surface area contributed by atoms with E-state index in [-0.39, 0.29) is 12.7 Å². The molecule has 0 fully saturated rings. The van der Waals surface area contributed by atoms with Gasteiger partial charge in [0.25, 0.3) is 5.91 Å². The van der Waals surface area contributed by atoms with Crippen LogP contribution < -0.4 is 14.4 Å². The van der Waals surface area contributed by atoms with Crippen molar-refractivity contribution in [1.82, 2.24) is 0 Å². The Morgan fingerprint density at radius 2 is 1.48 bits per heavy atom. The molecule has 0 spiro atoms. The Hall–Kier alpha value is -2.92. The molecule has 3 aromatic carbocycles. The van der Waals surface area contributed by atoms with Gasteiger partial charge in [0.1, 0.15) is 0 Å². The average molecular weight is 347 g/mol. The molecule has 2 heterocycles. The highest BCUT2D eigenvalue weighted by atomic mass is 32.2. The van der Waals surface area contributed by atoms with Crippen LogP contribution in [0.15, 0.2) is 76.5 Å². The molecule has 0 saturated carbocycles. The first-order chi connectivity index (χ1) is 12.3. The topological polar surface area (TPSA) is 38.8 Å². The van der Waals surface area contributed by atoms with Gasteiger partial charge >= 0.3 is 0 Å². The zero-order valence-corrected chi connectivity index (χ0v) is 14.0. The number of fused-ring (bicyclic) bond motifs is 3. The fourth-order valence-electron chi connectivity index (χ4n) is 3.08. The number of carbonyl (C=O) groups is 1. The van der Waals surface area contributed by atoms with Gasteiger partial charge in [0, 0.05) is 15.4 Å². The van der Waals surface area contributed by atoms with Crippen LogP contribution in [0.25, 0.3) is 0 Å². The molecule has 0 aliphatic carbocycles. The molecule has 0 radical (unpaired) electrons. The van der Waals surface area contributed by atoms with E-state index in [9.17, 15) is 4.79 Å². The third-order valence-electron chi connectivity index (χ3n) is 4.25. The van der Waals surface area contributed by atoms with Crippen molar-refractivity contribution in [3.8, 4) is 11.5 Å². The number of nitrogens with zero attached hydrogens (tertiary/aromatic N) is 1. The highest BCUT2D eigenvalue weighted by Gasteiger charge is 2.29. The first-order valence-electron chi connectivity index (χ1n) is 7.91. The lowest BCUT2D eigenvalue weighted by molar-refractivity contribution is 0.0998. The summed E-state index contributed by atoms with van der Waals surface area (Å²) < 4.78 is 10.8. The van der Waals surface area contributed by atoms with Crippen LogP contribution in [0.3, 0.4) is 0 Å². The van der Waals surface area contributed by atoms with Crippen LogP contribution >= 0.6 is 11.8 Å². The normalized spacial score (nSPS) is 14.0. The molecule has 122 valence electrons. The minimum absolute atomic E-state index is 0.0847. The summed E-state index contributed by atoms with van der Waals surface area (Å²) in [5.41, 5.74) is 2.36. The van der Waals surface area contributed by atoms with Crippen molar-refractivity contribution in [2.45, 2.75) is 9.79 Å². The van der Waals surface area contributed by atoms with Gasteiger partial charge in [0.05, 0.1) is 11.4 Å². The standard InChI is InChI=1S/C20H13NO3S/c22-20(13-9-10-16-17(11-13)24-12-23-16)21-14-5-1-3-7-18(14)25-19-8-4-2-6-15(19)21/h1-11H,12H2. The van der Waals surface area contributed by atoms with Crippen molar-refractivity contribution in [1.29, 1.82) is 0 Å². The monoisotopic (exact) mass is 347 g/mol. The molecule has 2 aliphatic heterocycles. The van der Waals surface area contributed by atoms with Crippen LogP contribution in [0, 0.1) is 0 Å². The Balaban J connectivity index is 1.65. The van der Waals surface area contributed by atoms with Crippen LogP contribution in [0.5, 0.6) is 11.5 Å². The van der Waals surface area contributed by atoms with Crippen molar-refractivity contribution < 1.29 is 14.3 Å². The SMILES string of the molecule is O=C(c1ccc2c(c1)OCO2)N1c2ccccc2Sc2ccccc21. The predicted molar refractivity (Wildman–Crippen MR) is 96.0 cm³/mol. The molecule has 5 heteroatoms. The maximum absolute atomic E-state index is 13.3. The van der Waals surface area contributed by atoms with Gasteiger partial charge in [-0.3, -0.25) is 9.69 Å². The molecule has 1 amide bonds. The third-order valence-corrected chi connectivity index (χ3v) is 5.39. The zero-order chi connectivity index (χ0) is 16.8. The second kappa shape index (κ2) is 5.57. The van der Waals surface area contributed by atoms with E-state index < -0.39 is 0 Å². The third kappa shape index (κ3) is 2.27. The number of para-hydroxylation sites is 2. The van der Waals surface area contributed by atoms with E-state index in [1.165, 1.54) is 0 Å². The van der Waals surface area contributed by atoms with Crippen molar-refractivity contribution >= 4 is 29.0 Å². The maximum Gasteiger partial charge on any atom is 0.263 e. The van der Waals surface area contributed by atoms with Gasteiger partial charge in [-0.05, 0) is 42.5 Å². The Morgan fingerprint density at radius 1 is 0.840 bits per heavy atom. The fourth-order valence-corrected chi connectivity index (χ4v) is 4.14. The van der Waals surface area contributed by atoms with Gasteiger partial charge in [-0.15, -0.1) is 0 Å². The minimum atomic E-state index is -0.0847. The van der Waals surface area contributed by atoms with Crippen molar-refractivity contribution in [2.24, 2.45) is 0 Å². The number of carbonyl (C=O) groups excluding carboxylic acids is 1. The van der Waals surface area contributed by atoms with E-state index in [1.54, 1.807) is 34.9 Å². The highest BCUT2D eigenvalue weighted by molar-refractivity contribution is 7.99. The lowest BCUT2D eigenvalue weighted by atomic mass is 10.1. The van der Waals surface area contributed by atoms with Gasteiger partial charge in [-0.25, -0.2) is 0 Å². The van der Waals surface area contributed by atoms with Crippen molar-refractivity contribution in [2.75, 3.05) is 11.7 Å². The summed E-state index contributed by atoms with van der Waals surface area (Å²) in [6.07, 6.45) is 0. The number of anilines is 2. The van der Waals surface area contributed by atoms with E-state index in [0.717, 1.165) is 21.2 Å². The largest absolute Gasteiger partial charge is 0.454 e. The lowest BCUT2D eigenvalue weighted by Gasteiger charge is -2.31. The molecular formula is C20H13NO3S. The first-order valence-corrected chi connectivity index (χ1v) is 8.73. The van der Waals surface area contributed by atoms with Gasteiger partial charge in [-0.1, -0.05) is 36.0 Å². The molecule has 0 N–H and O–H groups in total. The average Bonchev–Trinajstić information content (AvgIpc) is 3.13. The lowest BCUT2D eigenvalue weighted by Crippen LogP contribution is -2.28. The second-order valence-electron chi connectivity index (χ2n) is 5.75. The molecule has 4 nitrogen and oxygen atoms in total. The van der Waals surface area contributed by atoms with Gasteiger partial charge < -0.3 is 9.47 Å². The summed E-state index contributed by atoms with van der Waals surface area (Å²) in [6.45, 7) is 0.193. The quantitative estimate of drug-likeness (QED) is 0.630. The van der Waals surface area contributed by atoms with Gasteiger partial charge in [0.15, 0.2) is 11.5 Å². The van der Waals surface area contributed by atoms with E-state index >= 15 is 0 Å².